The van der Waals surface area contributed by atoms with Gasteiger partial charge in [0.05, 0.1) is 11.7 Å². The molecule has 0 saturated carbocycles. The van der Waals surface area contributed by atoms with Crippen molar-refractivity contribution in [3.05, 3.63) is 22.9 Å². The highest BCUT2D eigenvalue weighted by molar-refractivity contribution is 5.56. The van der Waals surface area contributed by atoms with Gasteiger partial charge in [0, 0.05) is 25.4 Å². The molecule has 1 aliphatic heterocycles. The van der Waals surface area contributed by atoms with E-state index in [1.165, 1.54) is 24.1 Å². The second kappa shape index (κ2) is 5.80. The van der Waals surface area contributed by atoms with Crippen LogP contribution in [0, 0.1) is 11.3 Å². The minimum atomic E-state index is 0.196. The molecule has 4 heteroatoms. The van der Waals surface area contributed by atoms with Gasteiger partial charge in [0.15, 0.2) is 0 Å². The first-order chi connectivity index (χ1) is 9.78. The van der Waals surface area contributed by atoms with E-state index in [1.807, 2.05) is 0 Å². The quantitative estimate of drug-likeness (QED) is 0.787. The first-order valence-electron chi connectivity index (χ1n) is 7.57. The third-order valence-corrected chi connectivity index (χ3v) is 4.15. The highest BCUT2D eigenvalue weighted by Crippen LogP contribution is 2.27. The van der Waals surface area contributed by atoms with Crippen LogP contribution in [0.25, 0.3) is 0 Å². The number of nitrogens with zero attached hydrogens (tertiary/aromatic N) is 3. The van der Waals surface area contributed by atoms with Gasteiger partial charge < -0.3 is 9.64 Å². The normalized spacial score (nSPS) is 22.8. The number of pyridine rings is 1. The van der Waals surface area contributed by atoms with Crippen LogP contribution in [0.15, 0.2) is 6.07 Å². The summed E-state index contributed by atoms with van der Waals surface area (Å²) in [6.07, 6.45) is 5.73. The molecule has 106 valence electrons. The number of fused-ring (bicyclic) bond motifs is 1. The number of ether oxygens (including phenoxy) is 1. The molecule has 1 unspecified atom stereocenters. The van der Waals surface area contributed by atoms with E-state index in [2.05, 4.69) is 24.0 Å². The van der Waals surface area contributed by atoms with Crippen LogP contribution in [-0.4, -0.2) is 30.8 Å². The van der Waals surface area contributed by atoms with E-state index in [0.717, 1.165) is 50.3 Å². The summed E-state index contributed by atoms with van der Waals surface area (Å²) in [7, 11) is 0. The Labute approximate surface area is 120 Å². The highest BCUT2D eigenvalue weighted by atomic mass is 16.5. The van der Waals surface area contributed by atoms with E-state index in [-0.39, 0.29) is 6.10 Å². The van der Waals surface area contributed by atoms with Gasteiger partial charge in [-0.2, -0.15) is 5.26 Å². The fourth-order valence-electron chi connectivity index (χ4n) is 3.13. The molecule has 1 aromatic heterocycles. The van der Waals surface area contributed by atoms with Gasteiger partial charge in [-0.3, -0.25) is 0 Å². The van der Waals surface area contributed by atoms with Crippen molar-refractivity contribution in [1.29, 1.82) is 5.26 Å². The number of hydrogen-bond acceptors (Lipinski definition) is 4. The summed E-state index contributed by atoms with van der Waals surface area (Å²) in [4.78, 5) is 7.06. The largest absolute Gasteiger partial charge is 0.377 e. The molecule has 1 fully saturated rings. The lowest BCUT2D eigenvalue weighted by Crippen LogP contribution is -2.32. The van der Waals surface area contributed by atoms with Gasteiger partial charge in [-0.05, 0) is 50.7 Å². The van der Waals surface area contributed by atoms with E-state index in [9.17, 15) is 5.26 Å². The number of hydrogen-bond donors (Lipinski definition) is 0. The number of rotatable bonds is 1. The Bertz CT molecular complexity index is 535. The smallest absolute Gasteiger partial charge is 0.146 e. The van der Waals surface area contributed by atoms with E-state index in [0.29, 0.717) is 0 Å². The van der Waals surface area contributed by atoms with Crippen LogP contribution in [0.1, 0.15) is 43.0 Å². The number of aryl methyl sites for hydroxylation is 2. The van der Waals surface area contributed by atoms with Gasteiger partial charge in [-0.1, -0.05) is 0 Å². The van der Waals surface area contributed by atoms with E-state index >= 15 is 0 Å². The van der Waals surface area contributed by atoms with Crippen molar-refractivity contribution in [3.63, 3.8) is 0 Å². The van der Waals surface area contributed by atoms with Gasteiger partial charge in [-0.15, -0.1) is 0 Å². The minimum Gasteiger partial charge on any atom is -0.377 e. The first-order valence-corrected chi connectivity index (χ1v) is 7.57. The molecule has 2 heterocycles. The Kier molecular flexibility index (Phi) is 3.88. The monoisotopic (exact) mass is 271 g/mol. The molecule has 0 N–H and O–H groups in total. The van der Waals surface area contributed by atoms with Crippen molar-refractivity contribution >= 4 is 5.82 Å². The van der Waals surface area contributed by atoms with Crippen molar-refractivity contribution in [3.8, 4) is 6.07 Å². The Morgan fingerprint density at radius 1 is 1.35 bits per heavy atom. The first kappa shape index (κ1) is 13.4. The summed E-state index contributed by atoms with van der Waals surface area (Å²) in [6, 6.07) is 4.40. The van der Waals surface area contributed by atoms with Crippen molar-refractivity contribution in [2.45, 2.75) is 45.1 Å². The predicted molar refractivity (Wildman–Crippen MR) is 77.8 cm³/mol. The van der Waals surface area contributed by atoms with Crippen LogP contribution in [0.4, 0.5) is 5.82 Å². The van der Waals surface area contributed by atoms with Crippen LogP contribution in [0.2, 0.25) is 0 Å². The third-order valence-electron chi connectivity index (χ3n) is 4.15. The van der Waals surface area contributed by atoms with Gasteiger partial charge >= 0.3 is 0 Å². The molecule has 1 atom stereocenters. The molecule has 1 aliphatic carbocycles. The summed E-state index contributed by atoms with van der Waals surface area (Å²) in [6.45, 7) is 4.62. The second-order valence-corrected chi connectivity index (χ2v) is 5.77. The van der Waals surface area contributed by atoms with Crippen LogP contribution in [0.3, 0.4) is 0 Å². The molecule has 0 radical (unpaired) electrons. The topological polar surface area (TPSA) is 49.2 Å². The summed E-state index contributed by atoms with van der Waals surface area (Å²) in [5, 5.41) is 9.44. The van der Waals surface area contributed by atoms with E-state index in [4.69, 9.17) is 9.72 Å². The summed E-state index contributed by atoms with van der Waals surface area (Å²) in [5.41, 5.74) is 3.19. The zero-order valence-electron chi connectivity index (χ0n) is 12.1. The fraction of sp³-hybridized carbons (Fsp3) is 0.625. The average Bonchev–Trinajstić information content (AvgIpc) is 2.70. The predicted octanol–water partition coefficient (Wildman–Crippen LogP) is 2.45. The highest BCUT2D eigenvalue weighted by Gasteiger charge is 2.22. The SMILES string of the molecule is CC1CN(c2nc3c(cc2C#N)CCCC3)CCCO1. The molecule has 2 aliphatic rings. The Morgan fingerprint density at radius 3 is 3.05 bits per heavy atom. The number of aromatic nitrogens is 1. The standard InChI is InChI=1S/C16H21N3O/c1-12-11-19(7-4-8-20-12)16-14(10-17)9-13-5-2-3-6-15(13)18-16/h9,12H,2-8,11H2,1H3. The Morgan fingerprint density at radius 2 is 2.20 bits per heavy atom. The van der Waals surface area contributed by atoms with Crippen LogP contribution in [0.5, 0.6) is 0 Å². The van der Waals surface area contributed by atoms with Crippen molar-refractivity contribution in [2.75, 3.05) is 24.6 Å². The van der Waals surface area contributed by atoms with Crippen molar-refractivity contribution in [1.82, 2.24) is 4.98 Å². The molecule has 0 spiro atoms. The maximum atomic E-state index is 9.44. The Balaban J connectivity index is 1.96. The van der Waals surface area contributed by atoms with Crippen LogP contribution in [-0.2, 0) is 17.6 Å². The van der Waals surface area contributed by atoms with Crippen molar-refractivity contribution in [2.24, 2.45) is 0 Å². The maximum Gasteiger partial charge on any atom is 0.146 e. The maximum absolute atomic E-state index is 9.44. The fourth-order valence-corrected chi connectivity index (χ4v) is 3.13. The van der Waals surface area contributed by atoms with Gasteiger partial charge in [0.25, 0.3) is 0 Å². The lowest BCUT2D eigenvalue weighted by atomic mass is 9.95. The van der Waals surface area contributed by atoms with Crippen LogP contribution >= 0.6 is 0 Å². The van der Waals surface area contributed by atoms with Crippen molar-refractivity contribution < 1.29 is 4.74 Å². The zero-order valence-corrected chi connectivity index (χ0v) is 12.1. The average molecular weight is 271 g/mol. The van der Waals surface area contributed by atoms with E-state index < -0.39 is 0 Å². The molecular weight excluding hydrogens is 250 g/mol. The molecule has 4 nitrogen and oxygen atoms in total. The minimum absolute atomic E-state index is 0.196. The lowest BCUT2D eigenvalue weighted by molar-refractivity contribution is 0.0820. The summed E-state index contributed by atoms with van der Waals surface area (Å²) < 4.78 is 5.69. The van der Waals surface area contributed by atoms with Gasteiger partial charge in [0.2, 0.25) is 0 Å². The zero-order chi connectivity index (χ0) is 13.9. The summed E-state index contributed by atoms with van der Waals surface area (Å²) >= 11 is 0. The molecule has 3 rings (SSSR count). The molecule has 0 amide bonds. The van der Waals surface area contributed by atoms with Gasteiger partial charge in [0.1, 0.15) is 11.9 Å². The van der Waals surface area contributed by atoms with Gasteiger partial charge in [-0.25, -0.2) is 4.98 Å². The second-order valence-electron chi connectivity index (χ2n) is 5.77. The van der Waals surface area contributed by atoms with E-state index in [1.54, 1.807) is 0 Å². The molecular formula is C16H21N3O. The number of nitriles is 1. The molecule has 1 saturated heterocycles. The van der Waals surface area contributed by atoms with Crippen LogP contribution < -0.4 is 4.90 Å². The molecule has 0 aromatic carbocycles. The Hall–Kier alpha value is -1.60. The summed E-state index contributed by atoms with van der Waals surface area (Å²) in [5.74, 6) is 0.866. The molecule has 0 bridgehead atoms. The third kappa shape index (κ3) is 2.64. The number of anilines is 1. The molecule has 1 aromatic rings. The molecule has 20 heavy (non-hydrogen) atoms. The lowest BCUT2D eigenvalue weighted by Gasteiger charge is -2.26.